The molecule has 0 N–H and O–H groups in total. The van der Waals surface area contributed by atoms with Gasteiger partial charge in [0.15, 0.2) is 23.0 Å². The summed E-state index contributed by atoms with van der Waals surface area (Å²) in [5, 5.41) is 11.6. The maximum Gasteiger partial charge on any atom is 0.179 e. The number of benzene rings is 4. The quantitative estimate of drug-likeness (QED) is 0.238. The van der Waals surface area contributed by atoms with Gasteiger partial charge >= 0.3 is 0 Å². The second-order valence-electron chi connectivity index (χ2n) is 8.56. The summed E-state index contributed by atoms with van der Waals surface area (Å²) in [7, 11) is 0. The Morgan fingerprint density at radius 1 is 0.500 bits per heavy atom. The summed E-state index contributed by atoms with van der Waals surface area (Å²) in [4.78, 5) is 2.26. The molecule has 0 fully saturated rings. The molecule has 0 unspecified atom stereocenters. The van der Waals surface area contributed by atoms with Gasteiger partial charge in [0.1, 0.15) is 26.4 Å². The van der Waals surface area contributed by atoms with Crippen LogP contribution in [0.15, 0.2) is 59.3 Å². The third kappa shape index (κ3) is 2.52. The van der Waals surface area contributed by atoms with E-state index >= 15 is 0 Å². The second-order valence-corrected chi connectivity index (χ2v) is 10.3. The van der Waals surface area contributed by atoms with Gasteiger partial charge in [-0.2, -0.15) is 0 Å². The maximum absolute atomic E-state index is 6.02. The van der Waals surface area contributed by atoms with Crippen LogP contribution in [0.2, 0.25) is 0 Å². The summed E-state index contributed by atoms with van der Waals surface area (Å²) >= 11 is 3.37. The lowest BCUT2D eigenvalue weighted by molar-refractivity contribution is 0.174. The van der Waals surface area contributed by atoms with Gasteiger partial charge in [-0.1, -0.05) is 48.5 Å². The molecule has 0 amide bonds. The molecule has 2 aromatic heterocycles. The molecule has 2 aliphatic heterocycles. The van der Waals surface area contributed by atoms with Crippen molar-refractivity contribution in [1.29, 1.82) is 0 Å². The van der Waals surface area contributed by atoms with Gasteiger partial charge in [-0.15, -0.1) is 22.7 Å². The third-order valence-electron chi connectivity index (χ3n) is 6.76. The number of hydrogen-bond acceptors (Lipinski definition) is 6. The molecule has 4 heterocycles. The Bertz CT molecular complexity index is 1600. The molecule has 0 saturated carbocycles. The van der Waals surface area contributed by atoms with Crippen LogP contribution in [-0.2, 0) is 0 Å². The molecular weight excluding hydrogens is 464 g/mol. The van der Waals surface area contributed by atoms with Gasteiger partial charge in [0, 0.05) is 21.9 Å². The van der Waals surface area contributed by atoms with Crippen molar-refractivity contribution in [3.63, 3.8) is 0 Å². The lowest BCUT2D eigenvalue weighted by atomic mass is 9.89. The fourth-order valence-corrected chi connectivity index (χ4v) is 7.24. The predicted octanol–water partition coefficient (Wildman–Crippen LogP) is 7.58. The van der Waals surface area contributed by atoms with Crippen molar-refractivity contribution in [2.24, 2.45) is 0 Å². The van der Waals surface area contributed by atoms with Crippen LogP contribution < -0.4 is 18.9 Å². The van der Waals surface area contributed by atoms with Crippen LogP contribution in [0.3, 0.4) is 0 Å². The van der Waals surface area contributed by atoms with E-state index < -0.39 is 0 Å². The van der Waals surface area contributed by atoms with Gasteiger partial charge in [-0.25, -0.2) is 0 Å². The number of hydrogen-bond donors (Lipinski definition) is 0. The number of rotatable bonds is 2. The highest BCUT2D eigenvalue weighted by Crippen LogP contribution is 2.51. The first-order valence-electron chi connectivity index (χ1n) is 11.3. The maximum atomic E-state index is 6.02. The molecule has 0 spiro atoms. The first-order valence-corrected chi connectivity index (χ1v) is 13.1. The SMILES string of the molecule is c1sc(-c2ccc3ccc4c(-c5scc6c5OCCO6)ccc5ccc2c3c54)c2c1OCCO2. The first kappa shape index (κ1) is 18.9. The molecule has 0 aliphatic carbocycles. The molecule has 6 aromatic rings. The van der Waals surface area contributed by atoms with E-state index in [2.05, 4.69) is 59.3 Å². The van der Waals surface area contributed by atoms with Crippen molar-refractivity contribution in [3.05, 3.63) is 59.3 Å². The van der Waals surface area contributed by atoms with Crippen LogP contribution in [0.4, 0.5) is 0 Å². The molecule has 2 aliphatic rings. The van der Waals surface area contributed by atoms with Crippen molar-refractivity contribution in [1.82, 2.24) is 0 Å². The van der Waals surface area contributed by atoms with E-state index in [0.717, 1.165) is 32.8 Å². The van der Waals surface area contributed by atoms with Crippen LogP contribution in [0.5, 0.6) is 23.0 Å². The van der Waals surface area contributed by atoms with Gasteiger partial charge in [0.25, 0.3) is 0 Å². The smallest absolute Gasteiger partial charge is 0.179 e. The Morgan fingerprint density at radius 2 is 0.941 bits per heavy atom. The van der Waals surface area contributed by atoms with Crippen molar-refractivity contribution < 1.29 is 18.9 Å². The summed E-state index contributed by atoms with van der Waals surface area (Å²) in [5.41, 5.74) is 2.38. The minimum atomic E-state index is 0.586. The molecular formula is C28H18O4S2. The van der Waals surface area contributed by atoms with Gasteiger partial charge in [0.05, 0.1) is 9.75 Å². The highest BCUT2D eigenvalue weighted by Gasteiger charge is 2.24. The van der Waals surface area contributed by atoms with Crippen molar-refractivity contribution in [3.8, 4) is 43.9 Å². The standard InChI is InChI=1S/C28H18O4S2/c1-5-17-19(27-25-21(13-33-27)29-9-11-31-25)8-4-16-2-6-18-20(7-3-15(1)23(18)24(16)17)28-26-22(14-34-28)30-10-12-32-26/h1-8,13-14H,9-12H2. The minimum absolute atomic E-state index is 0.586. The first-order chi connectivity index (χ1) is 16.9. The molecule has 166 valence electrons. The Kier molecular flexibility index (Phi) is 3.90. The van der Waals surface area contributed by atoms with Crippen LogP contribution in [-0.4, -0.2) is 26.4 Å². The summed E-state index contributed by atoms with van der Waals surface area (Å²) in [5.74, 6) is 3.44. The fraction of sp³-hybridized carbons (Fsp3) is 0.143. The van der Waals surface area contributed by atoms with Crippen LogP contribution in [0.1, 0.15) is 0 Å². The van der Waals surface area contributed by atoms with Crippen molar-refractivity contribution in [2.45, 2.75) is 0 Å². The van der Waals surface area contributed by atoms with Crippen molar-refractivity contribution >= 4 is 55.0 Å². The van der Waals surface area contributed by atoms with E-state index in [-0.39, 0.29) is 0 Å². The minimum Gasteiger partial charge on any atom is -0.485 e. The van der Waals surface area contributed by atoms with Gasteiger partial charge in [-0.05, 0) is 32.3 Å². The monoisotopic (exact) mass is 482 g/mol. The Morgan fingerprint density at radius 3 is 1.44 bits per heavy atom. The van der Waals surface area contributed by atoms with E-state index in [1.165, 1.54) is 43.4 Å². The lowest BCUT2D eigenvalue weighted by Crippen LogP contribution is -2.14. The van der Waals surface area contributed by atoms with Gasteiger partial charge in [-0.3, -0.25) is 0 Å². The van der Waals surface area contributed by atoms with Crippen LogP contribution in [0.25, 0.3) is 53.2 Å². The highest BCUT2D eigenvalue weighted by atomic mass is 32.1. The fourth-order valence-electron chi connectivity index (χ4n) is 5.29. The largest absolute Gasteiger partial charge is 0.485 e. The van der Waals surface area contributed by atoms with E-state index in [1.807, 2.05) is 0 Å². The number of ether oxygens (including phenoxy) is 4. The Hall–Kier alpha value is -3.48. The van der Waals surface area contributed by atoms with Crippen molar-refractivity contribution in [2.75, 3.05) is 26.4 Å². The normalized spacial score (nSPS) is 14.9. The van der Waals surface area contributed by atoms with Crippen LogP contribution in [0, 0.1) is 0 Å². The van der Waals surface area contributed by atoms with E-state index in [9.17, 15) is 0 Å². The Balaban J connectivity index is 1.42. The number of thiophene rings is 2. The van der Waals surface area contributed by atoms with E-state index in [0.29, 0.717) is 26.4 Å². The third-order valence-corrected chi connectivity index (χ3v) is 8.70. The van der Waals surface area contributed by atoms with E-state index in [4.69, 9.17) is 18.9 Å². The topological polar surface area (TPSA) is 36.9 Å². The molecule has 6 heteroatoms. The molecule has 34 heavy (non-hydrogen) atoms. The molecule has 0 atom stereocenters. The van der Waals surface area contributed by atoms with E-state index in [1.54, 1.807) is 22.7 Å². The molecule has 0 bridgehead atoms. The number of fused-ring (bicyclic) bond motifs is 2. The van der Waals surface area contributed by atoms with Crippen LogP contribution >= 0.6 is 22.7 Å². The zero-order chi connectivity index (χ0) is 22.2. The summed E-state index contributed by atoms with van der Waals surface area (Å²) < 4.78 is 23.7. The average Bonchev–Trinajstić information content (AvgIpc) is 3.52. The molecule has 0 radical (unpaired) electrons. The lowest BCUT2D eigenvalue weighted by Gasteiger charge is -2.19. The molecule has 0 saturated heterocycles. The molecule has 4 aromatic carbocycles. The average molecular weight is 483 g/mol. The summed E-state index contributed by atoms with van der Waals surface area (Å²) in [6.07, 6.45) is 0. The molecule has 4 nitrogen and oxygen atoms in total. The zero-order valence-electron chi connectivity index (χ0n) is 18.1. The Labute approximate surface area is 203 Å². The van der Waals surface area contributed by atoms with Gasteiger partial charge in [0.2, 0.25) is 0 Å². The summed E-state index contributed by atoms with van der Waals surface area (Å²) in [6, 6.07) is 17.8. The summed E-state index contributed by atoms with van der Waals surface area (Å²) in [6.45, 7) is 2.38. The molecule has 8 rings (SSSR count). The second kappa shape index (κ2) is 7.01. The predicted molar refractivity (Wildman–Crippen MR) is 139 cm³/mol. The van der Waals surface area contributed by atoms with Gasteiger partial charge < -0.3 is 18.9 Å². The zero-order valence-corrected chi connectivity index (χ0v) is 19.7. The highest BCUT2D eigenvalue weighted by molar-refractivity contribution is 7.14.